The van der Waals surface area contributed by atoms with Gasteiger partial charge in [0.15, 0.2) is 11.5 Å². The topological polar surface area (TPSA) is 54.3 Å². The van der Waals surface area contributed by atoms with Crippen LogP contribution in [0.15, 0.2) is 42.5 Å². The Balaban J connectivity index is 1.51. The monoisotopic (exact) mass is 320 g/mol. The molecule has 4 nitrogen and oxygen atoms in total. The summed E-state index contributed by atoms with van der Waals surface area (Å²) >= 11 is 0. The van der Waals surface area contributed by atoms with Crippen molar-refractivity contribution in [1.82, 2.24) is 5.32 Å². The lowest BCUT2D eigenvalue weighted by Crippen LogP contribution is -2.23. The molecular formula is C20H20N2O2. The van der Waals surface area contributed by atoms with E-state index in [1.54, 1.807) is 0 Å². The Morgan fingerprint density at radius 2 is 1.92 bits per heavy atom. The quantitative estimate of drug-likeness (QED) is 0.915. The van der Waals surface area contributed by atoms with Gasteiger partial charge in [0.25, 0.3) is 0 Å². The average molecular weight is 320 g/mol. The Kier molecular flexibility index (Phi) is 4.10. The van der Waals surface area contributed by atoms with Crippen molar-refractivity contribution in [3.8, 4) is 17.6 Å². The highest BCUT2D eigenvalue weighted by Crippen LogP contribution is 2.43. The van der Waals surface area contributed by atoms with Gasteiger partial charge < -0.3 is 14.8 Å². The van der Waals surface area contributed by atoms with Gasteiger partial charge in [0.1, 0.15) is 13.2 Å². The smallest absolute Gasteiger partial charge is 0.161 e. The first-order chi connectivity index (χ1) is 11.8. The number of hydrogen-bond acceptors (Lipinski definition) is 4. The summed E-state index contributed by atoms with van der Waals surface area (Å²) in [5.74, 6) is 2.35. The third kappa shape index (κ3) is 3.22. The molecule has 1 aliphatic heterocycles. The third-order valence-electron chi connectivity index (χ3n) is 4.60. The summed E-state index contributed by atoms with van der Waals surface area (Å²) in [5.41, 5.74) is 3.09. The van der Waals surface area contributed by atoms with E-state index in [9.17, 15) is 0 Å². The number of hydrogen-bond donors (Lipinski definition) is 1. The van der Waals surface area contributed by atoms with E-state index in [1.807, 2.05) is 24.3 Å². The lowest BCUT2D eigenvalue weighted by atomic mass is 10.0. The molecule has 4 heteroatoms. The summed E-state index contributed by atoms with van der Waals surface area (Å²) in [6, 6.07) is 16.5. The normalized spacial score (nSPS) is 17.1. The van der Waals surface area contributed by atoms with Crippen molar-refractivity contribution in [3.05, 3.63) is 59.2 Å². The molecule has 0 spiro atoms. The number of rotatable bonds is 5. The first-order valence-corrected chi connectivity index (χ1v) is 8.45. The Morgan fingerprint density at radius 3 is 2.71 bits per heavy atom. The van der Waals surface area contributed by atoms with Crippen molar-refractivity contribution < 1.29 is 9.47 Å². The largest absolute Gasteiger partial charge is 0.486 e. The first kappa shape index (κ1) is 15.0. The van der Waals surface area contributed by atoms with E-state index < -0.39 is 0 Å². The van der Waals surface area contributed by atoms with E-state index in [0.717, 1.165) is 23.6 Å². The Bertz CT molecular complexity index is 777. The molecule has 122 valence electrons. The van der Waals surface area contributed by atoms with Gasteiger partial charge in [-0.25, -0.2) is 0 Å². The van der Waals surface area contributed by atoms with Gasteiger partial charge in [-0.05, 0) is 54.2 Å². The van der Waals surface area contributed by atoms with Crippen LogP contribution >= 0.6 is 0 Å². The summed E-state index contributed by atoms with van der Waals surface area (Å²) in [6.45, 7) is 1.98. The molecule has 2 aromatic carbocycles. The average Bonchev–Trinajstić information content (AvgIpc) is 3.47. The number of fused-ring (bicyclic) bond motifs is 1. The van der Waals surface area contributed by atoms with E-state index in [4.69, 9.17) is 14.7 Å². The Morgan fingerprint density at radius 1 is 1.08 bits per heavy atom. The molecule has 1 N–H and O–H groups in total. The van der Waals surface area contributed by atoms with Crippen LogP contribution in [0.4, 0.5) is 0 Å². The van der Waals surface area contributed by atoms with Crippen molar-refractivity contribution >= 4 is 0 Å². The van der Waals surface area contributed by atoms with E-state index in [0.29, 0.717) is 30.7 Å². The number of nitrogens with zero attached hydrogens (tertiary/aromatic N) is 1. The van der Waals surface area contributed by atoms with E-state index in [2.05, 4.69) is 29.6 Å². The zero-order valence-corrected chi connectivity index (χ0v) is 13.5. The minimum atomic E-state index is 0.312. The van der Waals surface area contributed by atoms with Crippen LogP contribution in [0, 0.1) is 17.2 Å². The molecule has 1 atom stereocenters. The standard InChI is InChI=1S/C20H20N2O2/c21-12-14-2-1-3-15(10-14)13-22-20(16-4-5-16)17-6-7-18-19(11-17)24-9-8-23-18/h1-3,6-7,10-11,16,20,22H,4-5,8-9,13H2/t20-/m1/s1. The molecule has 0 aromatic heterocycles. The molecule has 2 aromatic rings. The van der Waals surface area contributed by atoms with Crippen molar-refractivity contribution in [2.24, 2.45) is 5.92 Å². The number of benzene rings is 2. The molecule has 0 amide bonds. The van der Waals surface area contributed by atoms with Crippen LogP contribution in [0.25, 0.3) is 0 Å². The van der Waals surface area contributed by atoms with Crippen molar-refractivity contribution in [2.45, 2.75) is 25.4 Å². The molecule has 0 radical (unpaired) electrons. The summed E-state index contributed by atoms with van der Waals surface area (Å²) in [6.07, 6.45) is 2.51. The minimum absolute atomic E-state index is 0.312. The fourth-order valence-corrected chi connectivity index (χ4v) is 3.22. The van der Waals surface area contributed by atoms with Crippen molar-refractivity contribution in [2.75, 3.05) is 13.2 Å². The van der Waals surface area contributed by atoms with Gasteiger partial charge in [-0.15, -0.1) is 0 Å². The van der Waals surface area contributed by atoms with Crippen LogP contribution < -0.4 is 14.8 Å². The maximum absolute atomic E-state index is 9.03. The predicted molar refractivity (Wildman–Crippen MR) is 90.9 cm³/mol. The number of nitrogens with one attached hydrogen (secondary N) is 1. The maximum Gasteiger partial charge on any atom is 0.161 e. The maximum atomic E-state index is 9.03. The van der Waals surface area contributed by atoms with Gasteiger partial charge in [0.05, 0.1) is 11.6 Å². The van der Waals surface area contributed by atoms with Gasteiger partial charge in [-0.3, -0.25) is 0 Å². The van der Waals surface area contributed by atoms with Crippen LogP contribution in [-0.4, -0.2) is 13.2 Å². The fourth-order valence-electron chi connectivity index (χ4n) is 3.22. The predicted octanol–water partition coefficient (Wildman–Crippen LogP) is 3.57. The Hall–Kier alpha value is -2.51. The van der Waals surface area contributed by atoms with Gasteiger partial charge in [-0.2, -0.15) is 5.26 Å². The van der Waals surface area contributed by atoms with Gasteiger partial charge in [0, 0.05) is 12.6 Å². The molecule has 1 aliphatic carbocycles. The van der Waals surface area contributed by atoms with Crippen molar-refractivity contribution in [1.29, 1.82) is 5.26 Å². The molecule has 0 saturated heterocycles. The number of nitriles is 1. The zero-order valence-electron chi connectivity index (χ0n) is 13.5. The molecule has 24 heavy (non-hydrogen) atoms. The van der Waals surface area contributed by atoms with Crippen LogP contribution in [0.2, 0.25) is 0 Å². The SMILES string of the molecule is N#Cc1cccc(CN[C@@H](c2ccc3c(c2)OCCO3)C2CC2)c1. The number of ether oxygens (including phenoxy) is 2. The molecule has 1 heterocycles. The molecule has 0 unspecified atom stereocenters. The van der Waals surface area contributed by atoms with Gasteiger partial charge in [-0.1, -0.05) is 18.2 Å². The first-order valence-electron chi connectivity index (χ1n) is 8.45. The summed E-state index contributed by atoms with van der Waals surface area (Å²) in [5, 5.41) is 12.7. The molecular weight excluding hydrogens is 300 g/mol. The van der Waals surface area contributed by atoms with E-state index in [-0.39, 0.29) is 0 Å². The molecule has 2 aliphatic rings. The van der Waals surface area contributed by atoms with Crippen LogP contribution in [0.5, 0.6) is 11.5 Å². The Labute approximate surface area is 142 Å². The summed E-state index contributed by atoms with van der Waals surface area (Å²) < 4.78 is 11.3. The second kappa shape index (κ2) is 6.54. The van der Waals surface area contributed by atoms with Crippen LogP contribution in [0.1, 0.15) is 35.6 Å². The fraction of sp³-hybridized carbons (Fsp3) is 0.350. The molecule has 1 saturated carbocycles. The third-order valence-corrected chi connectivity index (χ3v) is 4.60. The van der Waals surface area contributed by atoms with Gasteiger partial charge in [0.2, 0.25) is 0 Å². The summed E-state index contributed by atoms with van der Waals surface area (Å²) in [4.78, 5) is 0. The zero-order chi connectivity index (χ0) is 16.4. The summed E-state index contributed by atoms with van der Waals surface area (Å²) in [7, 11) is 0. The second-order valence-corrected chi connectivity index (χ2v) is 6.41. The van der Waals surface area contributed by atoms with Crippen LogP contribution in [0.3, 0.4) is 0 Å². The van der Waals surface area contributed by atoms with E-state index in [1.165, 1.54) is 18.4 Å². The molecule has 1 fully saturated rings. The van der Waals surface area contributed by atoms with Crippen LogP contribution in [-0.2, 0) is 6.54 Å². The highest BCUT2D eigenvalue weighted by molar-refractivity contribution is 5.45. The highest BCUT2D eigenvalue weighted by Gasteiger charge is 2.32. The lowest BCUT2D eigenvalue weighted by Gasteiger charge is -2.23. The van der Waals surface area contributed by atoms with E-state index >= 15 is 0 Å². The highest BCUT2D eigenvalue weighted by atomic mass is 16.6. The minimum Gasteiger partial charge on any atom is -0.486 e. The lowest BCUT2D eigenvalue weighted by molar-refractivity contribution is 0.171. The molecule has 0 bridgehead atoms. The second-order valence-electron chi connectivity index (χ2n) is 6.41. The van der Waals surface area contributed by atoms with Gasteiger partial charge >= 0.3 is 0 Å². The molecule has 4 rings (SSSR count). The van der Waals surface area contributed by atoms with Crippen molar-refractivity contribution in [3.63, 3.8) is 0 Å².